The molecule has 0 amide bonds. The Morgan fingerprint density at radius 3 is 2.66 bits per heavy atom. The highest BCUT2D eigenvalue weighted by Gasteiger charge is 2.46. The maximum Gasteiger partial charge on any atom is 0.459 e. The molecule has 0 bridgehead atoms. The second-order valence-corrected chi connectivity index (χ2v) is 10.1. The molecule has 3 N–H and O–H groups in total. The molecule has 0 radical (unpaired) electrons. The first-order valence-electron chi connectivity index (χ1n) is 11.3. The van der Waals surface area contributed by atoms with E-state index in [-0.39, 0.29) is 5.75 Å². The number of aromatic amines is 1. The summed E-state index contributed by atoms with van der Waals surface area (Å²) in [5, 5.41) is 16.6. The SMILES string of the molecule is CC(C)OC(=O)[C@H](C)NP(=O)(OC[C@H]1O[C@@H](n2cc(F)c(=O)[nH]c2=O)C(N=[N+]=[N-])[C@@H]1O)Oc1ccccc1. The molecular weight excluding hydrogens is 530 g/mol. The van der Waals surface area contributed by atoms with E-state index >= 15 is 0 Å². The van der Waals surface area contributed by atoms with Crippen molar-refractivity contribution < 1.29 is 37.4 Å². The smallest absolute Gasteiger partial charge is 0.459 e. The molecule has 0 spiro atoms. The number of carbonyl (C=O) groups excluding carboxylic acids is 1. The summed E-state index contributed by atoms with van der Waals surface area (Å²) in [6.07, 6.45) is -4.44. The number of halogens is 1. The summed E-state index contributed by atoms with van der Waals surface area (Å²) in [5.74, 6) is -1.93. The van der Waals surface area contributed by atoms with Crippen molar-refractivity contribution in [2.75, 3.05) is 6.61 Å². The normalized spacial score (nSPS) is 23.3. The van der Waals surface area contributed by atoms with E-state index in [2.05, 4.69) is 15.1 Å². The lowest BCUT2D eigenvalue weighted by Crippen LogP contribution is -2.38. The van der Waals surface area contributed by atoms with Crippen LogP contribution in [0.4, 0.5) is 4.39 Å². The third kappa shape index (κ3) is 7.07. The van der Waals surface area contributed by atoms with E-state index in [0.717, 1.165) is 0 Å². The quantitative estimate of drug-likeness (QED) is 0.120. The molecule has 2 heterocycles. The zero-order valence-electron chi connectivity index (χ0n) is 20.5. The summed E-state index contributed by atoms with van der Waals surface area (Å²) < 4.78 is 49.7. The average Bonchev–Trinajstić information content (AvgIpc) is 3.15. The van der Waals surface area contributed by atoms with Gasteiger partial charge in [-0.1, -0.05) is 23.3 Å². The highest BCUT2D eigenvalue weighted by molar-refractivity contribution is 7.52. The van der Waals surface area contributed by atoms with Crippen molar-refractivity contribution in [3.05, 3.63) is 73.6 Å². The molecule has 2 unspecified atom stereocenters. The van der Waals surface area contributed by atoms with Gasteiger partial charge in [0.1, 0.15) is 30.2 Å². The van der Waals surface area contributed by atoms with Gasteiger partial charge < -0.3 is 19.1 Å². The number of hydrogen-bond donors (Lipinski definition) is 3. The number of nitrogens with one attached hydrogen (secondary N) is 2. The van der Waals surface area contributed by atoms with Gasteiger partial charge in [0.15, 0.2) is 0 Å². The first-order chi connectivity index (χ1) is 17.9. The van der Waals surface area contributed by atoms with Gasteiger partial charge in [0.05, 0.1) is 25.0 Å². The van der Waals surface area contributed by atoms with Crippen molar-refractivity contribution in [3.63, 3.8) is 0 Å². The molecule has 206 valence electrons. The fourth-order valence-electron chi connectivity index (χ4n) is 3.44. The zero-order chi connectivity index (χ0) is 28.0. The molecule has 0 saturated carbocycles. The Morgan fingerprint density at radius 1 is 1.34 bits per heavy atom. The molecule has 1 aliphatic heterocycles. The van der Waals surface area contributed by atoms with Crippen LogP contribution in [0.3, 0.4) is 0 Å². The molecule has 15 nitrogen and oxygen atoms in total. The van der Waals surface area contributed by atoms with Gasteiger partial charge in [-0.2, -0.15) is 9.48 Å². The number of para-hydroxylation sites is 1. The molecule has 3 rings (SSSR count). The molecule has 1 saturated heterocycles. The maximum atomic E-state index is 13.8. The summed E-state index contributed by atoms with van der Waals surface area (Å²) in [5.41, 5.74) is 6.55. The molecule has 1 aromatic carbocycles. The Labute approximate surface area is 214 Å². The number of nitrogens with zero attached hydrogens (tertiary/aromatic N) is 4. The van der Waals surface area contributed by atoms with E-state index in [9.17, 15) is 28.4 Å². The van der Waals surface area contributed by atoms with Crippen molar-refractivity contribution in [3.8, 4) is 5.75 Å². The predicted octanol–water partition coefficient (Wildman–Crippen LogP) is 1.75. The fourth-order valence-corrected chi connectivity index (χ4v) is 4.94. The van der Waals surface area contributed by atoms with Gasteiger partial charge in [0.25, 0.3) is 5.56 Å². The largest absolute Gasteiger partial charge is 0.462 e. The van der Waals surface area contributed by atoms with E-state index in [0.29, 0.717) is 10.8 Å². The minimum atomic E-state index is -4.35. The summed E-state index contributed by atoms with van der Waals surface area (Å²) in [4.78, 5) is 40.2. The van der Waals surface area contributed by atoms with Gasteiger partial charge in [-0.15, -0.1) is 0 Å². The van der Waals surface area contributed by atoms with Crippen molar-refractivity contribution in [1.29, 1.82) is 0 Å². The Bertz CT molecular complexity index is 1350. The zero-order valence-corrected chi connectivity index (χ0v) is 21.4. The first-order valence-corrected chi connectivity index (χ1v) is 12.8. The third-order valence-corrected chi connectivity index (χ3v) is 6.80. The Hall–Kier alpha value is -3.52. The molecule has 1 aliphatic rings. The second-order valence-electron chi connectivity index (χ2n) is 8.43. The summed E-state index contributed by atoms with van der Waals surface area (Å²) in [6, 6.07) is 5.27. The van der Waals surface area contributed by atoms with Crippen molar-refractivity contribution >= 4 is 13.7 Å². The van der Waals surface area contributed by atoms with Gasteiger partial charge in [0.2, 0.25) is 5.82 Å². The van der Waals surface area contributed by atoms with E-state index < -0.39 is 74.0 Å². The van der Waals surface area contributed by atoms with Crippen LogP contribution >= 0.6 is 7.75 Å². The number of azide groups is 1. The van der Waals surface area contributed by atoms with Crippen LogP contribution in [-0.4, -0.2) is 57.6 Å². The summed E-state index contributed by atoms with van der Waals surface area (Å²) in [7, 11) is -4.35. The number of aliphatic hydroxyl groups excluding tert-OH is 1. The predicted molar refractivity (Wildman–Crippen MR) is 129 cm³/mol. The lowest BCUT2D eigenvalue weighted by molar-refractivity contribution is -0.149. The standard InChI is InChI=1S/C21H26FN6O9P/c1-11(2)35-20(31)12(3)26-38(33,37-13-7-5-4-6-8-13)34-10-15-17(29)16(25-27-23)19(36-15)28-9-14(22)18(30)24-21(28)32/h4-9,11-12,15-17,19,29H,10H2,1-3H3,(H,26,33)(H,24,30,32)/t12-,15+,16?,17+,19+,38?/m0/s1. The van der Waals surface area contributed by atoms with Gasteiger partial charge in [-0.25, -0.2) is 9.36 Å². The van der Waals surface area contributed by atoms with Crippen molar-refractivity contribution in [2.45, 2.75) is 57.4 Å². The number of rotatable bonds is 11. The van der Waals surface area contributed by atoms with E-state index in [1.54, 1.807) is 37.0 Å². The lowest BCUT2D eigenvalue weighted by atomic mass is 10.1. The number of esters is 1. The Balaban J connectivity index is 1.84. The number of aromatic nitrogens is 2. The second kappa shape index (κ2) is 12.3. The minimum absolute atomic E-state index is 0.126. The summed E-state index contributed by atoms with van der Waals surface area (Å²) >= 11 is 0. The number of aliphatic hydroxyl groups is 1. The van der Waals surface area contributed by atoms with Gasteiger partial charge >= 0.3 is 19.4 Å². The average molecular weight is 556 g/mol. The number of carbonyl (C=O) groups is 1. The third-order valence-electron chi connectivity index (χ3n) is 5.16. The molecule has 0 aliphatic carbocycles. The molecule has 1 fully saturated rings. The molecule has 38 heavy (non-hydrogen) atoms. The highest BCUT2D eigenvalue weighted by atomic mass is 31.2. The van der Waals surface area contributed by atoms with Crippen molar-refractivity contribution in [1.82, 2.24) is 14.6 Å². The molecule has 1 aromatic heterocycles. The number of H-pyrrole nitrogens is 1. The van der Waals surface area contributed by atoms with Crippen molar-refractivity contribution in [2.24, 2.45) is 5.11 Å². The van der Waals surface area contributed by atoms with E-state index in [1.807, 2.05) is 0 Å². The number of hydrogen-bond acceptors (Lipinski definition) is 10. The molecule has 6 atom stereocenters. The minimum Gasteiger partial charge on any atom is -0.462 e. The van der Waals surface area contributed by atoms with Gasteiger partial charge in [-0.3, -0.25) is 23.7 Å². The monoisotopic (exact) mass is 556 g/mol. The Kier molecular flexibility index (Phi) is 9.44. The van der Waals surface area contributed by atoms with Crippen LogP contribution in [0.25, 0.3) is 10.4 Å². The van der Waals surface area contributed by atoms with Crippen LogP contribution in [0.15, 0.2) is 51.2 Å². The molecular formula is C21H26FN6O9P. The number of benzene rings is 1. The topological polar surface area (TPSA) is 207 Å². The van der Waals surface area contributed by atoms with Crippen LogP contribution in [0.1, 0.15) is 27.0 Å². The highest BCUT2D eigenvalue weighted by Crippen LogP contribution is 2.46. The Morgan fingerprint density at radius 2 is 2.03 bits per heavy atom. The van der Waals surface area contributed by atoms with Crippen LogP contribution in [-0.2, 0) is 23.4 Å². The summed E-state index contributed by atoms with van der Waals surface area (Å²) in [6.45, 7) is 3.99. The maximum absolute atomic E-state index is 13.8. The van der Waals surface area contributed by atoms with Gasteiger partial charge in [0, 0.05) is 4.91 Å². The van der Waals surface area contributed by atoms with Crippen LogP contribution < -0.4 is 20.9 Å². The first kappa shape index (κ1) is 29.0. The lowest BCUT2D eigenvalue weighted by Gasteiger charge is -2.25. The molecule has 2 aromatic rings. The molecule has 17 heteroatoms. The van der Waals surface area contributed by atoms with E-state index in [1.165, 1.54) is 19.1 Å². The van der Waals surface area contributed by atoms with E-state index in [4.69, 9.17) is 24.1 Å². The van der Waals surface area contributed by atoms with Crippen LogP contribution in [0.2, 0.25) is 0 Å². The van der Waals surface area contributed by atoms with Crippen LogP contribution in [0.5, 0.6) is 5.75 Å². The fraction of sp³-hybridized carbons (Fsp3) is 0.476. The van der Waals surface area contributed by atoms with Crippen LogP contribution in [0, 0.1) is 5.82 Å². The number of ether oxygens (including phenoxy) is 2. The van der Waals surface area contributed by atoms with Gasteiger partial charge in [-0.05, 0) is 38.4 Å².